The average Bonchev–Trinajstić information content (AvgIpc) is 2.67. The van der Waals surface area contributed by atoms with Gasteiger partial charge in [0.25, 0.3) is 0 Å². The maximum Gasteiger partial charge on any atom is -0.0150 e. The summed E-state index contributed by atoms with van der Waals surface area (Å²) >= 11 is 0. The highest BCUT2D eigenvalue weighted by Gasteiger charge is 2.23. The largest absolute Gasteiger partial charge is 0.131 e. The SMILES string of the molecule is CCCCCCCCCC(P)(CCCCCCCC)CCCCCCCC.I. The molecule has 172 valence electrons. The molecule has 0 radical (unpaired) electrons. The monoisotopic (exact) mass is 526 g/mol. The predicted molar refractivity (Wildman–Crippen MR) is 146 cm³/mol. The molecular formula is C26H56IP. The first-order chi connectivity index (χ1) is 13.2. The molecule has 1 atom stereocenters. The molecule has 0 aromatic rings. The van der Waals surface area contributed by atoms with E-state index >= 15 is 0 Å². The number of halogens is 1. The van der Waals surface area contributed by atoms with Crippen LogP contribution in [0.25, 0.3) is 0 Å². The minimum absolute atomic E-state index is 0. The van der Waals surface area contributed by atoms with Crippen molar-refractivity contribution in [2.45, 2.75) is 167 Å². The summed E-state index contributed by atoms with van der Waals surface area (Å²) in [7, 11) is 3.35. The van der Waals surface area contributed by atoms with Gasteiger partial charge in [0.2, 0.25) is 0 Å². The zero-order chi connectivity index (χ0) is 20.1. The van der Waals surface area contributed by atoms with E-state index in [1.54, 1.807) is 0 Å². The van der Waals surface area contributed by atoms with Gasteiger partial charge in [0, 0.05) is 0 Å². The Morgan fingerprint density at radius 2 is 0.607 bits per heavy atom. The van der Waals surface area contributed by atoms with Gasteiger partial charge in [-0.2, -0.15) is 0 Å². The molecule has 0 aliphatic rings. The van der Waals surface area contributed by atoms with E-state index in [-0.39, 0.29) is 24.0 Å². The van der Waals surface area contributed by atoms with E-state index in [0.717, 1.165) is 0 Å². The second kappa shape index (κ2) is 24.4. The average molecular weight is 527 g/mol. The molecule has 1 unspecified atom stereocenters. The summed E-state index contributed by atoms with van der Waals surface area (Å²) in [6.07, 6.45) is 31.7. The molecule has 0 fully saturated rings. The van der Waals surface area contributed by atoms with Crippen molar-refractivity contribution in [3.05, 3.63) is 0 Å². The third-order valence-corrected chi connectivity index (χ3v) is 7.20. The van der Waals surface area contributed by atoms with Crippen molar-refractivity contribution in [1.29, 1.82) is 0 Å². The molecule has 2 heteroatoms. The Kier molecular flexibility index (Phi) is 27.3. The molecule has 0 saturated carbocycles. The van der Waals surface area contributed by atoms with Crippen LogP contribution in [-0.4, -0.2) is 5.16 Å². The Bertz CT molecular complexity index is 264. The number of hydrogen-bond donors (Lipinski definition) is 0. The Hall–Kier alpha value is 1.16. The molecule has 0 saturated heterocycles. The molecule has 28 heavy (non-hydrogen) atoms. The molecule has 0 heterocycles. The highest BCUT2D eigenvalue weighted by Crippen LogP contribution is 2.37. The van der Waals surface area contributed by atoms with Crippen LogP contribution in [0.2, 0.25) is 0 Å². The fraction of sp³-hybridized carbons (Fsp3) is 1.00. The Labute approximate surface area is 199 Å². The lowest BCUT2D eigenvalue weighted by Gasteiger charge is -2.30. The number of unbranched alkanes of at least 4 members (excludes halogenated alkanes) is 16. The highest BCUT2D eigenvalue weighted by molar-refractivity contribution is 14.0. The molecular weight excluding hydrogens is 470 g/mol. The van der Waals surface area contributed by atoms with Crippen molar-refractivity contribution < 1.29 is 0 Å². The van der Waals surface area contributed by atoms with Crippen LogP contribution < -0.4 is 0 Å². The van der Waals surface area contributed by atoms with Gasteiger partial charge in [0.05, 0.1) is 0 Å². The lowest BCUT2D eigenvalue weighted by atomic mass is 9.88. The van der Waals surface area contributed by atoms with Gasteiger partial charge < -0.3 is 0 Å². The summed E-state index contributed by atoms with van der Waals surface area (Å²) in [6, 6.07) is 0. The van der Waals surface area contributed by atoms with Crippen molar-refractivity contribution in [2.24, 2.45) is 0 Å². The van der Waals surface area contributed by atoms with Crippen LogP contribution in [0.1, 0.15) is 162 Å². The molecule has 0 nitrogen and oxygen atoms in total. The van der Waals surface area contributed by atoms with Gasteiger partial charge in [-0.25, -0.2) is 0 Å². The summed E-state index contributed by atoms with van der Waals surface area (Å²) in [5.74, 6) is 0. The first kappa shape index (κ1) is 31.3. The van der Waals surface area contributed by atoms with Crippen LogP contribution >= 0.6 is 33.2 Å². The molecule has 0 aromatic carbocycles. The summed E-state index contributed by atoms with van der Waals surface area (Å²) in [5.41, 5.74) is 0. The molecule has 0 spiro atoms. The van der Waals surface area contributed by atoms with E-state index in [0.29, 0.717) is 5.16 Å². The van der Waals surface area contributed by atoms with Crippen LogP contribution in [0.3, 0.4) is 0 Å². The van der Waals surface area contributed by atoms with Crippen LogP contribution in [0, 0.1) is 0 Å². The summed E-state index contributed by atoms with van der Waals surface area (Å²) in [6.45, 7) is 6.94. The fourth-order valence-corrected chi connectivity index (χ4v) is 4.94. The second-order valence-electron chi connectivity index (χ2n) is 9.27. The summed E-state index contributed by atoms with van der Waals surface area (Å²) < 4.78 is 0. The van der Waals surface area contributed by atoms with Crippen LogP contribution in [-0.2, 0) is 0 Å². The standard InChI is InChI=1S/C26H55P.HI/c1-4-7-10-13-16-19-22-25-26(27,23-20-17-14-11-8-5-2)24-21-18-15-12-9-6-3;/h4-25,27H2,1-3H3;1H. The third kappa shape index (κ3) is 21.9. The lowest BCUT2D eigenvalue weighted by molar-refractivity contribution is 0.402. The minimum atomic E-state index is 0. The molecule has 0 amide bonds. The van der Waals surface area contributed by atoms with Gasteiger partial charge in [0.1, 0.15) is 0 Å². The van der Waals surface area contributed by atoms with Crippen molar-refractivity contribution in [3.63, 3.8) is 0 Å². The second-order valence-corrected chi connectivity index (χ2v) is 10.5. The fourth-order valence-electron chi connectivity index (χ4n) is 4.32. The topological polar surface area (TPSA) is 0 Å². The minimum Gasteiger partial charge on any atom is -0.131 e. The van der Waals surface area contributed by atoms with Gasteiger partial charge in [-0.3, -0.25) is 0 Å². The highest BCUT2D eigenvalue weighted by atomic mass is 127. The zero-order valence-corrected chi connectivity index (χ0v) is 23.5. The van der Waals surface area contributed by atoms with E-state index in [9.17, 15) is 0 Å². The maximum atomic E-state index is 3.35. The maximum absolute atomic E-state index is 3.35. The Balaban J connectivity index is 0. The van der Waals surface area contributed by atoms with Crippen LogP contribution in [0.5, 0.6) is 0 Å². The van der Waals surface area contributed by atoms with Gasteiger partial charge in [-0.15, -0.1) is 33.2 Å². The Morgan fingerprint density at radius 1 is 0.393 bits per heavy atom. The van der Waals surface area contributed by atoms with Gasteiger partial charge in [0.15, 0.2) is 0 Å². The smallest absolute Gasteiger partial charge is 0.0150 e. The van der Waals surface area contributed by atoms with Crippen molar-refractivity contribution in [3.8, 4) is 0 Å². The van der Waals surface area contributed by atoms with Crippen molar-refractivity contribution in [2.75, 3.05) is 0 Å². The van der Waals surface area contributed by atoms with E-state index in [4.69, 9.17) is 0 Å². The molecule has 0 rings (SSSR count). The molecule has 0 N–H and O–H groups in total. The zero-order valence-electron chi connectivity index (χ0n) is 20.0. The molecule has 0 aliphatic heterocycles. The first-order valence-corrected chi connectivity index (χ1v) is 13.5. The predicted octanol–water partition coefficient (Wildman–Crippen LogP) is 10.9. The summed E-state index contributed by atoms with van der Waals surface area (Å²) in [5, 5.41) is 0.554. The van der Waals surface area contributed by atoms with Crippen molar-refractivity contribution >= 4 is 33.2 Å². The van der Waals surface area contributed by atoms with E-state index in [1.807, 2.05) is 0 Å². The molecule has 0 aromatic heterocycles. The number of rotatable bonds is 22. The quantitative estimate of drug-likeness (QED) is 0.0748. The van der Waals surface area contributed by atoms with E-state index in [1.165, 1.54) is 141 Å². The third-order valence-electron chi connectivity index (χ3n) is 6.33. The first-order valence-electron chi connectivity index (χ1n) is 13.0. The molecule has 0 bridgehead atoms. The van der Waals surface area contributed by atoms with Crippen molar-refractivity contribution in [1.82, 2.24) is 0 Å². The number of hydrogen-bond acceptors (Lipinski definition) is 0. The van der Waals surface area contributed by atoms with Gasteiger partial charge in [-0.1, -0.05) is 143 Å². The van der Waals surface area contributed by atoms with Gasteiger partial charge in [-0.05, 0) is 24.4 Å². The van der Waals surface area contributed by atoms with E-state index < -0.39 is 0 Å². The lowest BCUT2D eigenvalue weighted by Crippen LogP contribution is -2.20. The Morgan fingerprint density at radius 3 is 0.857 bits per heavy atom. The van der Waals surface area contributed by atoms with E-state index in [2.05, 4.69) is 30.0 Å². The summed E-state index contributed by atoms with van der Waals surface area (Å²) in [4.78, 5) is 0. The molecule has 0 aliphatic carbocycles. The van der Waals surface area contributed by atoms with Crippen LogP contribution in [0.15, 0.2) is 0 Å². The van der Waals surface area contributed by atoms with Gasteiger partial charge >= 0.3 is 0 Å². The normalized spacial score (nSPS) is 11.6. The van der Waals surface area contributed by atoms with Crippen LogP contribution in [0.4, 0.5) is 0 Å².